The number of aryl methyl sites for hydroxylation is 1. The molecule has 5 rings (SSSR count). The minimum absolute atomic E-state index is 0.0767. The van der Waals surface area contributed by atoms with Crippen molar-refractivity contribution in [2.24, 2.45) is 23.5 Å². The van der Waals surface area contributed by atoms with E-state index in [0.717, 1.165) is 54.9 Å². The van der Waals surface area contributed by atoms with Crippen LogP contribution in [0.25, 0.3) is 11.1 Å². The monoisotopic (exact) mass is 662 g/mol. The molecule has 2 unspecified atom stereocenters. The maximum absolute atomic E-state index is 13.7. The third-order valence-corrected chi connectivity index (χ3v) is 9.53. The molecule has 0 radical (unpaired) electrons. The number of carbonyl (C=O) groups is 4. The maximum atomic E-state index is 13.7. The van der Waals surface area contributed by atoms with Crippen LogP contribution in [0.15, 0.2) is 60.7 Å². The van der Waals surface area contributed by atoms with Crippen molar-refractivity contribution in [2.75, 3.05) is 17.2 Å². The fraction of sp³-hybridized carbons (Fsp3) is 0.405. The molecule has 0 aromatic heterocycles. The molecule has 0 bridgehead atoms. The Morgan fingerprint density at radius 3 is 2.33 bits per heavy atom. The highest BCUT2D eigenvalue weighted by atomic mass is 19.4. The van der Waals surface area contributed by atoms with Crippen molar-refractivity contribution in [1.82, 2.24) is 5.32 Å². The zero-order valence-electron chi connectivity index (χ0n) is 27.1. The van der Waals surface area contributed by atoms with Crippen LogP contribution in [-0.2, 0) is 27.2 Å². The van der Waals surface area contributed by atoms with Crippen LogP contribution in [0.3, 0.4) is 0 Å². The number of nitrogens with one attached hydrogen (secondary N) is 3. The Balaban J connectivity index is 1.30. The number of carbonyl (C=O) groups excluding carboxylic acids is 4. The molecule has 0 saturated heterocycles. The summed E-state index contributed by atoms with van der Waals surface area (Å²) in [7, 11) is 0. The highest BCUT2D eigenvalue weighted by Crippen LogP contribution is 2.32. The predicted octanol–water partition coefficient (Wildman–Crippen LogP) is 6.36. The molecule has 1 fully saturated rings. The molecule has 1 aliphatic carbocycles. The zero-order chi connectivity index (χ0) is 34.6. The quantitative estimate of drug-likeness (QED) is 0.190. The summed E-state index contributed by atoms with van der Waals surface area (Å²) in [4.78, 5) is 51.3. The number of hydrogen-bond acceptors (Lipinski definition) is 5. The number of ketones is 1. The van der Waals surface area contributed by atoms with E-state index in [0.29, 0.717) is 42.2 Å². The van der Waals surface area contributed by atoms with Crippen LogP contribution >= 0.6 is 0 Å². The molecule has 5 N–H and O–H groups in total. The molecule has 1 aliphatic heterocycles. The molecule has 2 aliphatic rings. The summed E-state index contributed by atoms with van der Waals surface area (Å²) < 4.78 is 38.7. The highest BCUT2D eigenvalue weighted by molar-refractivity contribution is 6.01. The number of rotatable bonds is 11. The molecule has 0 spiro atoms. The van der Waals surface area contributed by atoms with Crippen LogP contribution in [0.5, 0.6) is 0 Å². The van der Waals surface area contributed by atoms with Gasteiger partial charge in [-0.3, -0.25) is 19.2 Å². The fourth-order valence-corrected chi connectivity index (χ4v) is 6.52. The topological polar surface area (TPSA) is 130 Å². The van der Waals surface area contributed by atoms with E-state index in [1.807, 2.05) is 35.6 Å². The summed E-state index contributed by atoms with van der Waals surface area (Å²) in [5.74, 6) is -1.40. The van der Waals surface area contributed by atoms with Crippen molar-refractivity contribution in [3.63, 3.8) is 0 Å². The van der Waals surface area contributed by atoms with E-state index < -0.39 is 24.0 Å². The Kier molecular flexibility index (Phi) is 10.7. The van der Waals surface area contributed by atoms with Crippen molar-refractivity contribution in [2.45, 2.75) is 71.0 Å². The number of anilines is 2. The lowest BCUT2D eigenvalue weighted by molar-refractivity contribution is -0.149. The molecule has 2 atom stereocenters. The van der Waals surface area contributed by atoms with Crippen LogP contribution in [0.2, 0.25) is 0 Å². The number of benzene rings is 3. The molecule has 11 heteroatoms. The Labute approximate surface area is 278 Å². The first kappa shape index (κ1) is 34.8. The van der Waals surface area contributed by atoms with Crippen molar-refractivity contribution in [3.05, 3.63) is 82.9 Å². The Bertz CT molecular complexity index is 1680. The molecule has 3 amide bonds. The SMILES string of the molecule is Cc1cc(C(=O)NC(C)C(F)(F)F)ccc1-c1ccc(CC(CC(=O)C2CCC(CN)CC2)C(=O)Nc2ccc3c(c2)NC(=O)C3)cc1. The van der Waals surface area contributed by atoms with Gasteiger partial charge in [-0.05, 0) is 110 Å². The van der Waals surface area contributed by atoms with Crippen molar-refractivity contribution >= 4 is 34.9 Å². The van der Waals surface area contributed by atoms with Crippen molar-refractivity contribution < 1.29 is 32.3 Å². The lowest BCUT2D eigenvalue weighted by Crippen LogP contribution is -2.43. The van der Waals surface area contributed by atoms with E-state index in [-0.39, 0.29) is 35.5 Å². The number of halogens is 3. The van der Waals surface area contributed by atoms with E-state index >= 15 is 0 Å². The maximum Gasteiger partial charge on any atom is 0.408 e. The van der Waals surface area contributed by atoms with Gasteiger partial charge in [-0.1, -0.05) is 36.4 Å². The van der Waals surface area contributed by atoms with Gasteiger partial charge in [-0.2, -0.15) is 13.2 Å². The van der Waals surface area contributed by atoms with Gasteiger partial charge in [0.05, 0.1) is 6.42 Å². The van der Waals surface area contributed by atoms with Gasteiger partial charge in [0.2, 0.25) is 11.8 Å². The van der Waals surface area contributed by atoms with Crippen LogP contribution in [0.1, 0.15) is 66.1 Å². The molecule has 8 nitrogen and oxygen atoms in total. The van der Waals surface area contributed by atoms with Gasteiger partial charge >= 0.3 is 6.18 Å². The van der Waals surface area contributed by atoms with Gasteiger partial charge in [-0.25, -0.2) is 0 Å². The Morgan fingerprint density at radius 2 is 1.69 bits per heavy atom. The second-order valence-corrected chi connectivity index (χ2v) is 13.1. The number of Topliss-reactive ketones (excluding diaryl/α,β-unsaturated/α-hetero) is 1. The van der Waals surface area contributed by atoms with Crippen LogP contribution in [0.4, 0.5) is 24.5 Å². The molecular formula is C37H41F3N4O4. The Hall–Kier alpha value is -4.51. The average molecular weight is 663 g/mol. The summed E-state index contributed by atoms with van der Waals surface area (Å²) in [6, 6.07) is 15.6. The smallest absolute Gasteiger partial charge is 0.341 e. The van der Waals surface area contributed by atoms with Crippen LogP contribution in [0, 0.1) is 24.7 Å². The third kappa shape index (κ3) is 8.49. The molecule has 1 heterocycles. The van der Waals surface area contributed by atoms with Crippen molar-refractivity contribution in [3.8, 4) is 11.1 Å². The second-order valence-electron chi connectivity index (χ2n) is 13.1. The van der Waals surface area contributed by atoms with E-state index in [9.17, 15) is 32.3 Å². The van der Waals surface area contributed by atoms with E-state index in [4.69, 9.17) is 5.73 Å². The second kappa shape index (κ2) is 14.7. The standard InChI is InChI=1S/C37H41F3N4O4/c1-21-15-28(35(47)42-22(2)37(38,39)40)12-14-31(21)25-7-3-23(4-8-25)16-29(17-33(45)26-9-5-24(20-41)6-10-26)36(48)43-30-13-11-27-18-34(46)44-32(27)19-30/h3-4,7-8,11-15,19,22,24,26,29H,5-6,9-10,16-18,20,41H2,1-2H3,(H,42,47)(H,43,48)(H,44,46). The summed E-state index contributed by atoms with van der Waals surface area (Å²) in [6.07, 6.45) is -0.457. The van der Waals surface area contributed by atoms with Gasteiger partial charge in [0.25, 0.3) is 5.91 Å². The summed E-state index contributed by atoms with van der Waals surface area (Å²) in [6.45, 7) is 3.29. The van der Waals surface area contributed by atoms with Gasteiger partial charge in [0, 0.05) is 35.2 Å². The Morgan fingerprint density at radius 1 is 0.979 bits per heavy atom. The lowest BCUT2D eigenvalue weighted by atomic mass is 9.77. The largest absolute Gasteiger partial charge is 0.408 e. The number of amides is 3. The number of nitrogens with two attached hydrogens (primary N) is 1. The molecule has 1 saturated carbocycles. The number of fused-ring (bicyclic) bond motifs is 1. The lowest BCUT2D eigenvalue weighted by Gasteiger charge is -2.27. The number of hydrogen-bond donors (Lipinski definition) is 4. The highest BCUT2D eigenvalue weighted by Gasteiger charge is 2.37. The minimum Gasteiger partial charge on any atom is -0.341 e. The average Bonchev–Trinajstić information content (AvgIpc) is 3.43. The van der Waals surface area contributed by atoms with Crippen LogP contribution in [-0.4, -0.2) is 42.3 Å². The molecular weight excluding hydrogens is 621 g/mol. The van der Waals surface area contributed by atoms with Gasteiger partial charge in [0.1, 0.15) is 11.8 Å². The van der Waals surface area contributed by atoms with E-state index in [2.05, 4.69) is 10.6 Å². The predicted molar refractivity (Wildman–Crippen MR) is 178 cm³/mol. The molecule has 3 aromatic rings. The van der Waals surface area contributed by atoms with Crippen LogP contribution < -0.4 is 21.7 Å². The number of alkyl halides is 3. The fourth-order valence-electron chi connectivity index (χ4n) is 6.52. The normalized spacial score (nSPS) is 18.8. The first-order valence-electron chi connectivity index (χ1n) is 16.3. The molecule has 3 aromatic carbocycles. The van der Waals surface area contributed by atoms with Crippen molar-refractivity contribution in [1.29, 1.82) is 0 Å². The zero-order valence-corrected chi connectivity index (χ0v) is 27.1. The summed E-state index contributed by atoms with van der Waals surface area (Å²) >= 11 is 0. The molecule has 48 heavy (non-hydrogen) atoms. The van der Waals surface area contributed by atoms with Gasteiger partial charge in [-0.15, -0.1) is 0 Å². The first-order valence-corrected chi connectivity index (χ1v) is 16.3. The van der Waals surface area contributed by atoms with E-state index in [1.54, 1.807) is 31.2 Å². The summed E-state index contributed by atoms with van der Waals surface area (Å²) in [5.41, 5.74) is 11.2. The third-order valence-electron chi connectivity index (χ3n) is 9.53. The molecule has 254 valence electrons. The van der Waals surface area contributed by atoms with E-state index in [1.165, 1.54) is 6.07 Å². The van der Waals surface area contributed by atoms with Gasteiger partial charge in [0.15, 0.2) is 0 Å². The van der Waals surface area contributed by atoms with Gasteiger partial charge < -0.3 is 21.7 Å². The first-order chi connectivity index (χ1) is 22.8. The minimum atomic E-state index is -4.54. The summed E-state index contributed by atoms with van der Waals surface area (Å²) in [5, 5.41) is 7.73.